The number of rotatable bonds is 2. The Kier molecular flexibility index (Phi) is 5.46. The summed E-state index contributed by atoms with van der Waals surface area (Å²) in [6.45, 7) is 1.86. The van der Waals surface area contributed by atoms with E-state index in [-0.39, 0.29) is 0 Å². The maximum absolute atomic E-state index is 5.88. The van der Waals surface area contributed by atoms with Crippen molar-refractivity contribution in [3.63, 3.8) is 0 Å². The Morgan fingerprint density at radius 2 is 1.65 bits per heavy atom. The van der Waals surface area contributed by atoms with Crippen molar-refractivity contribution in [2.45, 2.75) is 25.8 Å². The first kappa shape index (κ1) is 15.4. The minimum atomic E-state index is 0.580. The zero-order valence-corrected chi connectivity index (χ0v) is 13.2. The number of nitrogens with one attached hydrogen (secondary N) is 1. The van der Waals surface area contributed by atoms with Crippen LogP contribution in [0.15, 0.2) is 30.5 Å². The molecular weight excluding hydrogens is 317 g/mol. The molecule has 1 aliphatic rings. The van der Waals surface area contributed by atoms with Crippen molar-refractivity contribution in [1.82, 2.24) is 9.97 Å². The highest BCUT2D eigenvalue weighted by atomic mass is 35.5. The molecule has 0 aliphatic heterocycles. The molecule has 0 amide bonds. The molecule has 0 bridgehead atoms. The smallest absolute Gasteiger partial charge is 0.148 e. The van der Waals surface area contributed by atoms with Crippen molar-refractivity contribution in [1.29, 1.82) is 0 Å². The third kappa shape index (κ3) is 4.82. The summed E-state index contributed by atoms with van der Waals surface area (Å²) in [5, 5.41) is 5.06. The predicted octanol–water partition coefficient (Wildman–Crippen LogP) is 5.01. The van der Waals surface area contributed by atoms with Gasteiger partial charge in [0.2, 0.25) is 0 Å². The van der Waals surface area contributed by atoms with Gasteiger partial charge in [0, 0.05) is 6.04 Å². The lowest BCUT2D eigenvalue weighted by Crippen LogP contribution is -2.05. The Balaban J connectivity index is 0.000000160. The van der Waals surface area contributed by atoms with Gasteiger partial charge in [0.25, 0.3) is 0 Å². The monoisotopic (exact) mass is 329 g/mol. The van der Waals surface area contributed by atoms with Gasteiger partial charge in [-0.05, 0) is 31.9 Å². The molecule has 0 saturated heterocycles. The molecule has 1 saturated carbocycles. The first-order chi connectivity index (χ1) is 9.56. The molecule has 1 heterocycles. The topological polar surface area (TPSA) is 37.8 Å². The van der Waals surface area contributed by atoms with Crippen molar-refractivity contribution in [3.05, 3.63) is 51.4 Å². The number of hydrogen-bond acceptors (Lipinski definition) is 3. The van der Waals surface area contributed by atoms with Crippen LogP contribution in [0.1, 0.15) is 18.7 Å². The van der Waals surface area contributed by atoms with E-state index in [4.69, 9.17) is 34.8 Å². The molecular formula is C14H14Cl3N3. The van der Waals surface area contributed by atoms with Gasteiger partial charge >= 0.3 is 0 Å². The van der Waals surface area contributed by atoms with Crippen molar-refractivity contribution in [2.24, 2.45) is 0 Å². The van der Waals surface area contributed by atoms with Gasteiger partial charge in [0.15, 0.2) is 0 Å². The Hall–Kier alpha value is -1.03. The lowest BCUT2D eigenvalue weighted by Gasteiger charge is -2.04. The van der Waals surface area contributed by atoms with Gasteiger partial charge in [0.1, 0.15) is 16.7 Å². The quantitative estimate of drug-likeness (QED) is 0.841. The number of halogens is 3. The Morgan fingerprint density at radius 1 is 1.05 bits per heavy atom. The number of benzene rings is 1. The molecule has 106 valence electrons. The second-order valence-electron chi connectivity index (χ2n) is 4.45. The zero-order valence-electron chi connectivity index (χ0n) is 10.9. The fraction of sp³-hybridized carbons (Fsp3) is 0.286. The van der Waals surface area contributed by atoms with Crippen molar-refractivity contribution >= 4 is 40.6 Å². The van der Waals surface area contributed by atoms with Gasteiger partial charge in [-0.1, -0.05) is 46.9 Å². The summed E-state index contributed by atoms with van der Waals surface area (Å²) < 4.78 is 0. The highest BCUT2D eigenvalue weighted by Crippen LogP contribution is 2.27. The maximum Gasteiger partial charge on any atom is 0.148 e. The van der Waals surface area contributed by atoms with Crippen LogP contribution >= 0.6 is 34.8 Å². The molecule has 0 unspecified atom stereocenters. The van der Waals surface area contributed by atoms with E-state index in [2.05, 4.69) is 15.3 Å². The molecule has 3 nitrogen and oxygen atoms in total. The van der Waals surface area contributed by atoms with Gasteiger partial charge in [-0.15, -0.1) is 0 Å². The molecule has 0 radical (unpaired) electrons. The average Bonchev–Trinajstić information content (AvgIpc) is 3.22. The largest absolute Gasteiger partial charge is 0.366 e. The van der Waals surface area contributed by atoms with E-state index in [1.165, 1.54) is 12.8 Å². The van der Waals surface area contributed by atoms with Crippen molar-refractivity contribution in [2.75, 3.05) is 5.32 Å². The van der Waals surface area contributed by atoms with E-state index in [1.807, 2.05) is 19.1 Å². The van der Waals surface area contributed by atoms with Crippen LogP contribution in [0.4, 0.5) is 5.82 Å². The van der Waals surface area contributed by atoms with Crippen LogP contribution in [0.25, 0.3) is 0 Å². The SMILES string of the molecule is Cc1ncc(Cl)c(NC2CC2)n1.Clc1ccccc1Cl. The van der Waals surface area contributed by atoms with Crippen LogP contribution in [0.5, 0.6) is 0 Å². The molecule has 2 aromatic rings. The third-order valence-electron chi connectivity index (χ3n) is 2.61. The average molecular weight is 331 g/mol. The zero-order chi connectivity index (χ0) is 14.5. The maximum atomic E-state index is 5.88. The van der Waals surface area contributed by atoms with E-state index in [1.54, 1.807) is 18.3 Å². The fourth-order valence-electron chi connectivity index (χ4n) is 1.42. The summed E-state index contributed by atoms with van der Waals surface area (Å²) in [7, 11) is 0. The number of aryl methyl sites for hydroxylation is 1. The summed E-state index contributed by atoms with van der Waals surface area (Å²) in [6, 6.07) is 7.77. The summed E-state index contributed by atoms with van der Waals surface area (Å²) in [6.07, 6.45) is 4.08. The van der Waals surface area contributed by atoms with Crippen LogP contribution < -0.4 is 5.32 Å². The fourth-order valence-corrected chi connectivity index (χ4v) is 1.83. The normalized spacial score (nSPS) is 13.4. The molecule has 1 N–H and O–H groups in total. The van der Waals surface area contributed by atoms with Gasteiger partial charge in [-0.3, -0.25) is 0 Å². The van der Waals surface area contributed by atoms with Crippen LogP contribution in [-0.4, -0.2) is 16.0 Å². The summed E-state index contributed by atoms with van der Waals surface area (Å²) in [5.41, 5.74) is 0. The number of anilines is 1. The molecule has 6 heteroatoms. The first-order valence-electron chi connectivity index (χ1n) is 6.22. The minimum absolute atomic E-state index is 0.580. The van der Waals surface area contributed by atoms with Crippen molar-refractivity contribution in [3.8, 4) is 0 Å². The molecule has 1 aromatic heterocycles. The molecule has 20 heavy (non-hydrogen) atoms. The first-order valence-corrected chi connectivity index (χ1v) is 7.35. The summed E-state index contributed by atoms with van der Waals surface area (Å²) >= 11 is 17.0. The summed E-state index contributed by atoms with van der Waals surface area (Å²) in [4.78, 5) is 8.18. The highest BCUT2D eigenvalue weighted by molar-refractivity contribution is 6.41. The highest BCUT2D eigenvalue weighted by Gasteiger charge is 2.22. The lowest BCUT2D eigenvalue weighted by molar-refractivity contribution is 1.02. The minimum Gasteiger partial charge on any atom is -0.366 e. The second kappa shape index (κ2) is 7.11. The molecule has 1 aliphatic carbocycles. The molecule has 3 rings (SSSR count). The van der Waals surface area contributed by atoms with Gasteiger partial charge < -0.3 is 5.32 Å². The van der Waals surface area contributed by atoms with Crippen LogP contribution in [0.2, 0.25) is 15.1 Å². The van der Waals surface area contributed by atoms with Gasteiger partial charge in [-0.25, -0.2) is 9.97 Å². The van der Waals surface area contributed by atoms with E-state index >= 15 is 0 Å². The predicted molar refractivity (Wildman–Crippen MR) is 84.9 cm³/mol. The van der Waals surface area contributed by atoms with Crippen LogP contribution in [0, 0.1) is 6.92 Å². The van der Waals surface area contributed by atoms with E-state index in [0.717, 1.165) is 11.6 Å². The molecule has 0 atom stereocenters. The van der Waals surface area contributed by atoms with E-state index < -0.39 is 0 Å². The number of aromatic nitrogens is 2. The molecule has 0 spiro atoms. The van der Waals surface area contributed by atoms with E-state index in [0.29, 0.717) is 21.1 Å². The lowest BCUT2D eigenvalue weighted by atomic mass is 10.4. The van der Waals surface area contributed by atoms with Gasteiger partial charge in [0.05, 0.1) is 16.2 Å². The standard InChI is InChI=1S/C8H10ClN3.C6H4Cl2/c1-5-10-4-7(9)8(11-5)12-6-2-3-6;7-5-3-1-2-4-6(5)8/h4,6H,2-3H2,1H3,(H,10,11,12);1-4H. The van der Waals surface area contributed by atoms with Crippen LogP contribution in [0.3, 0.4) is 0 Å². The summed E-state index contributed by atoms with van der Waals surface area (Å²) in [5.74, 6) is 1.52. The van der Waals surface area contributed by atoms with Gasteiger partial charge in [-0.2, -0.15) is 0 Å². The van der Waals surface area contributed by atoms with Crippen molar-refractivity contribution < 1.29 is 0 Å². The molecule has 1 aromatic carbocycles. The van der Waals surface area contributed by atoms with Crippen LogP contribution in [-0.2, 0) is 0 Å². The second-order valence-corrected chi connectivity index (χ2v) is 5.67. The van der Waals surface area contributed by atoms with E-state index in [9.17, 15) is 0 Å². The Bertz CT molecular complexity index is 565. The molecule has 1 fully saturated rings. The number of nitrogens with zero attached hydrogens (tertiary/aromatic N) is 2. The number of hydrogen-bond donors (Lipinski definition) is 1. The Morgan fingerprint density at radius 3 is 2.15 bits per heavy atom. The third-order valence-corrected chi connectivity index (χ3v) is 3.64. The Labute approximate surface area is 133 Å².